The van der Waals surface area contributed by atoms with Crippen LogP contribution in [0.1, 0.15) is 10.4 Å². The summed E-state index contributed by atoms with van der Waals surface area (Å²) in [6.07, 6.45) is -10.4. The molecule has 0 heterocycles. The molecule has 2 aromatic carbocycles. The zero-order valence-electron chi connectivity index (χ0n) is 13.1. The summed E-state index contributed by atoms with van der Waals surface area (Å²) in [5, 5.41) is -5.88. The van der Waals surface area contributed by atoms with Crippen LogP contribution in [0.15, 0.2) is 54.6 Å². The van der Waals surface area contributed by atoms with Crippen molar-refractivity contribution in [1.29, 1.82) is 0 Å². The Hall–Kier alpha value is -2.53. The van der Waals surface area contributed by atoms with E-state index in [1.165, 1.54) is 12.1 Å². The molecule has 0 saturated carbocycles. The molecule has 2 rings (SSSR count). The normalized spacial score (nSPS) is 13.9. The fourth-order valence-electron chi connectivity index (χ4n) is 2.06. The molecule has 0 aliphatic heterocycles. The maximum absolute atomic E-state index is 13.4. The molecule has 11 heteroatoms. The Morgan fingerprint density at radius 3 is 1.81 bits per heavy atom. The van der Waals surface area contributed by atoms with E-state index in [2.05, 4.69) is 4.74 Å². The molecule has 0 aliphatic rings. The highest BCUT2D eigenvalue weighted by Crippen LogP contribution is 2.38. The van der Waals surface area contributed by atoms with Gasteiger partial charge < -0.3 is 9.29 Å². The van der Waals surface area contributed by atoms with E-state index in [9.17, 15) is 39.7 Å². The lowest BCUT2D eigenvalue weighted by Gasteiger charge is -2.29. The van der Waals surface area contributed by atoms with Crippen molar-refractivity contribution in [3.05, 3.63) is 60.2 Å². The molecule has 0 fully saturated rings. The molecule has 0 bridgehead atoms. The maximum atomic E-state index is 13.4. The van der Waals surface area contributed by atoms with Crippen LogP contribution in [0.4, 0.5) is 22.0 Å². The lowest BCUT2D eigenvalue weighted by atomic mass is 10.0. The summed E-state index contributed by atoms with van der Waals surface area (Å²) in [6.45, 7) is 0. The van der Waals surface area contributed by atoms with E-state index in [1.54, 1.807) is 30.3 Å². The second-order valence-electron chi connectivity index (χ2n) is 5.29. The van der Waals surface area contributed by atoms with E-state index < -0.39 is 39.2 Å². The molecule has 0 aromatic heterocycles. The van der Waals surface area contributed by atoms with Gasteiger partial charge in [-0.25, -0.2) is 13.2 Å². The molecular formula is C16H10F5O5S-. The molecule has 1 atom stereocenters. The average molecular weight is 409 g/mol. The first-order valence-electron chi connectivity index (χ1n) is 7.10. The summed E-state index contributed by atoms with van der Waals surface area (Å²) in [7, 11) is -6.74. The van der Waals surface area contributed by atoms with Crippen LogP contribution in [0.5, 0.6) is 0 Å². The summed E-state index contributed by atoms with van der Waals surface area (Å²) in [5.41, 5.74) is 0.754. The summed E-state index contributed by atoms with van der Waals surface area (Å²) in [5.74, 6) is -1.86. The lowest BCUT2D eigenvalue weighted by Crippen LogP contribution is -2.52. The molecule has 0 aliphatic carbocycles. The van der Waals surface area contributed by atoms with Crippen molar-refractivity contribution < 1.29 is 44.5 Å². The van der Waals surface area contributed by atoms with Gasteiger partial charge in [-0.1, -0.05) is 42.5 Å². The third kappa shape index (κ3) is 4.61. The number of ether oxygens (including phenoxy) is 1. The largest absolute Gasteiger partial charge is 0.743 e. The zero-order chi connectivity index (χ0) is 20.5. The highest BCUT2D eigenvalue weighted by Gasteiger charge is 2.63. The number of alkyl halides is 5. The molecule has 0 saturated heterocycles. The first kappa shape index (κ1) is 20.8. The van der Waals surface area contributed by atoms with Crippen LogP contribution >= 0.6 is 0 Å². The van der Waals surface area contributed by atoms with Crippen LogP contribution in [0.2, 0.25) is 0 Å². The molecule has 1 unspecified atom stereocenters. The first-order chi connectivity index (χ1) is 12.3. The van der Waals surface area contributed by atoms with Gasteiger partial charge in [0.05, 0.1) is 5.56 Å². The Morgan fingerprint density at radius 1 is 0.889 bits per heavy atom. The second kappa shape index (κ2) is 7.24. The monoisotopic (exact) mass is 409 g/mol. The van der Waals surface area contributed by atoms with Gasteiger partial charge in [0.1, 0.15) is 0 Å². The van der Waals surface area contributed by atoms with E-state index in [0.717, 1.165) is 17.7 Å². The third-order valence-electron chi connectivity index (χ3n) is 3.39. The average Bonchev–Trinajstić information content (AvgIpc) is 2.58. The van der Waals surface area contributed by atoms with Gasteiger partial charge in [0, 0.05) is 0 Å². The molecule has 2 aromatic rings. The zero-order valence-corrected chi connectivity index (χ0v) is 13.9. The predicted octanol–water partition coefficient (Wildman–Crippen LogP) is 3.58. The summed E-state index contributed by atoms with van der Waals surface area (Å²) < 4.78 is 100.0. The molecule has 146 valence electrons. The van der Waals surface area contributed by atoms with Crippen LogP contribution < -0.4 is 0 Å². The Kier molecular flexibility index (Phi) is 5.57. The Morgan fingerprint density at radius 2 is 1.37 bits per heavy atom. The number of carbonyl (C=O) groups is 1. The summed E-state index contributed by atoms with van der Waals surface area (Å²) in [4.78, 5) is 11.8. The van der Waals surface area contributed by atoms with Crippen LogP contribution in [-0.4, -0.2) is 36.5 Å². The van der Waals surface area contributed by atoms with Crippen LogP contribution in [0.3, 0.4) is 0 Å². The number of hydrogen-bond acceptors (Lipinski definition) is 5. The predicted molar refractivity (Wildman–Crippen MR) is 81.8 cm³/mol. The third-order valence-corrected chi connectivity index (χ3v) is 4.27. The standard InChI is InChI=1S/C16H11F5O5S/c17-15(18,19)14(16(20,21)27(23,24)25)26-13(22)12-8-6-11(7-9-12)10-4-2-1-3-5-10/h1-9,14H,(H,23,24,25)/p-1. The van der Waals surface area contributed by atoms with E-state index in [-0.39, 0.29) is 0 Å². The van der Waals surface area contributed by atoms with Gasteiger partial charge in [-0.15, -0.1) is 0 Å². The van der Waals surface area contributed by atoms with Crippen molar-refractivity contribution in [3.63, 3.8) is 0 Å². The number of benzene rings is 2. The molecule has 27 heavy (non-hydrogen) atoms. The second-order valence-corrected chi connectivity index (χ2v) is 6.74. The van der Waals surface area contributed by atoms with Crippen molar-refractivity contribution >= 4 is 16.1 Å². The van der Waals surface area contributed by atoms with Crippen molar-refractivity contribution in [3.8, 4) is 11.1 Å². The molecule has 0 amide bonds. The lowest BCUT2D eigenvalue weighted by molar-refractivity contribution is -0.248. The first-order valence-corrected chi connectivity index (χ1v) is 8.51. The molecule has 0 spiro atoms. The van der Waals surface area contributed by atoms with E-state index in [1.807, 2.05) is 0 Å². The minimum absolute atomic E-state index is 0.539. The van der Waals surface area contributed by atoms with Gasteiger partial charge in [-0.3, -0.25) is 0 Å². The van der Waals surface area contributed by atoms with Crippen LogP contribution in [-0.2, 0) is 14.9 Å². The number of carbonyl (C=O) groups excluding carboxylic acids is 1. The smallest absolute Gasteiger partial charge is 0.432 e. The number of hydrogen-bond donors (Lipinski definition) is 0. The van der Waals surface area contributed by atoms with Crippen molar-refractivity contribution in [2.24, 2.45) is 0 Å². The highest BCUT2D eigenvalue weighted by molar-refractivity contribution is 7.86. The Labute approximate surface area is 150 Å². The molecule has 0 radical (unpaired) electrons. The molecule has 0 N–H and O–H groups in total. The van der Waals surface area contributed by atoms with E-state index in [0.29, 0.717) is 5.56 Å². The number of esters is 1. The topological polar surface area (TPSA) is 83.5 Å². The molecule has 5 nitrogen and oxygen atoms in total. The van der Waals surface area contributed by atoms with E-state index >= 15 is 0 Å². The van der Waals surface area contributed by atoms with Gasteiger partial charge in [-0.05, 0) is 23.3 Å². The van der Waals surface area contributed by atoms with Crippen molar-refractivity contribution in [2.45, 2.75) is 17.5 Å². The highest BCUT2D eigenvalue weighted by atomic mass is 32.2. The Balaban J connectivity index is 2.28. The number of rotatable bonds is 5. The van der Waals surface area contributed by atoms with Gasteiger partial charge in [-0.2, -0.15) is 22.0 Å². The SMILES string of the molecule is O=C(OC(C(F)(F)F)C(F)(F)S(=O)(=O)[O-])c1ccc(-c2ccccc2)cc1. The van der Waals surface area contributed by atoms with Gasteiger partial charge in [0.25, 0.3) is 6.10 Å². The quantitative estimate of drug-likeness (QED) is 0.428. The van der Waals surface area contributed by atoms with Crippen molar-refractivity contribution in [2.75, 3.05) is 0 Å². The minimum atomic E-state index is -6.74. The number of halogens is 5. The minimum Gasteiger partial charge on any atom is -0.743 e. The van der Waals surface area contributed by atoms with Gasteiger partial charge >= 0.3 is 17.4 Å². The molecular weight excluding hydrogens is 399 g/mol. The maximum Gasteiger partial charge on any atom is 0.432 e. The summed E-state index contributed by atoms with van der Waals surface area (Å²) >= 11 is 0. The van der Waals surface area contributed by atoms with Crippen LogP contribution in [0.25, 0.3) is 11.1 Å². The van der Waals surface area contributed by atoms with Crippen LogP contribution in [0, 0.1) is 0 Å². The van der Waals surface area contributed by atoms with Gasteiger partial charge in [0.2, 0.25) is 0 Å². The van der Waals surface area contributed by atoms with Crippen molar-refractivity contribution in [1.82, 2.24) is 0 Å². The van der Waals surface area contributed by atoms with E-state index in [4.69, 9.17) is 0 Å². The fraction of sp³-hybridized carbons (Fsp3) is 0.188. The Bertz CT molecular complexity index is 908. The fourth-order valence-corrected chi connectivity index (χ4v) is 2.51. The van der Waals surface area contributed by atoms with Gasteiger partial charge in [0.15, 0.2) is 10.1 Å². The summed E-state index contributed by atoms with van der Waals surface area (Å²) in [6, 6.07) is 13.3.